The topological polar surface area (TPSA) is 30.7 Å². The molecule has 1 rings (SSSR count). The number of rotatable bonds is 2. The Morgan fingerprint density at radius 3 is 2.47 bits per heavy atom. The van der Waals surface area contributed by atoms with E-state index in [0.29, 0.717) is 11.3 Å². The van der Waals surface area contributed by atoms with Crippen LogP contribution in [0.2, 0.25) is 0 Å². The molecule has 0 radical (unpaired) electrons. The molecule has 3 nitrogen and oxygen atoms in total. The Kier molecular flexibility index (Phi) is 3.64. The first kappa shape index (κ1) is 11.0. The fraction of sp³-hybridized carbons (Fsp3) is 0.167. The minimum Gasteiger partial charge on any atom is -0.466 e. The summed E-state index contributed by atoms with van der Waals surface area (Å²) >= 11 is 0. The van der Waals surface area contributed by atoms with Gasteiger partial charge in [-0.2, -0.15) is 0 Å². The maximum absolute atomic E-state index is 11.1. The van der Waals surface area contributed by atoms with Crippen LogP contribution in [-0.2, 0) is 9.53 Å². The summed E-state index contributed by atoms with van der Waals surface area (Å²) in [7, 11) is 1.35. The summed E-state index contributed by atoms with van der Waals surface area (Å²) in [5.74, 6) is -0.343. The van der Waals surface area contributed by atoms with Crippen molar-refractivity contribution in [2.45, 2.75) is 6.92 Å². The summed E-state index contributed by atoms with van der Waals surface area (Å²) < 4.78 is 4.57. The number of hydrogen-bond acceptors (Lipinski definition) is 2. The minimum absolute atomic E-state index is 0.343. The lowest BCUT2D eigenvalue weighted by Gasteiger charge is -1.99. The highest BCUT2D eigenvalue weighted by molar-refractivity contribution is 5.92. The molecule has 0 amide bonds. The number of nitrogens with zero attached hydrogens (tertiary/aromatic N) is 1. The summed E-state index contributed by atoms with van der Waals surface area (Å²) in [4.78, 5) is 14.4. The zero-order valence-corrected chi connectivity index (χ0v) is 8.65. The molecule has 0 unspecified atom stereocenters. The average Bonchev–Trinajstić information content (AvgIpc) is 2.29. The summed E-state index contributed by atoms with van der Waals surface area (Å²) in [6.07, 6.45) is 1.72. The van der Waals surface area contributed by atoms with Gasteiger partial charge in [-0.25, -0.2) is 9.64 Å². The molecule has 0 saturated carbocycles. The Bertz CT molecular complexity index is 424. The maximum atomic E-state index is 11.1. The molecule has 0 atom stereocenters. The molecular weight excluding hydrogens is 190 g/mol. The van der Waals surface area contributed by atoms with Crippen LogP contribution in [0.5, 0.6) is 0 Å². The van der Waals surface area contributed by atoms with Crippen molar-refractivity contribution >= 4 is 17.7 Å². The molecule has 0 saturated heterocycles. The lowest BCUT2D eigenvalue weighted by molar-refractivity contribution is -0.135. The first-order valence-electron chi connectivity index (χ1n) is 4.41. The zero-order chi connectivity index (χ0) is 11.3. The third kappa shape index (κ3) is 2.96. The molecule has 3 heteroatoms. The number of methoxy groups -OCH3 is 1. The van der Waals surface area contributed by atoms with Crippen molar-refractivity contribution in [3.63, 3.8) is 0 Å². The second-order valence-electron chi connectivity index (χ2n) is 3.02. The van der Waals surface area contributed by atoms with Crippen molar-refractivity contribution in [2.24, 2.45) is 0 Å². The molecule has 0 spiro atoms. The van der Waals surface area contributed by atoms with Gasteiger partial charge in [-0.3, -0.25) is 0 Å². The molecule has 0 fully saturated rings. The monoisotopic (exact) mass is 201 g/mol. The number of hydrogen-bond donors (Lipinski definition) is 0. The van der Waals surface area contributed by atoms with E-state index in [-0.39, 0.29) is 5.97 Å². The molecule has 0 aliphatic heterocycles. The van der Waals surface area contributed by atoms with Crippen LogP contribution in [0.4, 0.5) is 5.69 Å². The standard InChI is InChI=1S/C12H11NO2/c1-9(12(14)15-3)8-10-4-6-11(13-2)7-5-10/h4-8H,1,3H3/b9-8+. The Morgan fingerprint density at radius 2 is 2.00 bits per heavy atom. The van der Waals surface area contributed by atoms with E-state index in [0.717, 1.165) is 5.56 Å². The second-order valence-corrected chi connectivity index (χ2v) is 3.02. The van der Waals surface area contributed by atoms with Crippen molar-refractivity contribution < 1.29 is 9.53 Å². The summed E-state index contributed by atoms with van der Waals surface area (Å²) in [6.45, 7) is 8.48. The van der Waals surface area contributed by atoms with Crippen molar-refractivity contribution in [2.75, 3.05) is 7.11 Å². The Hall–Kier alpha value is -2.08. The van der Waals surface area contributed by atoms with Gasteiger partial charge in [0, 0.05) is 5.57 Å². The lowest BCUT2D eigenvalue weighted by atomic mass is 10.1. The zero-order valence-electron chi connectivity index (χ0n) is 8.65. The van der Waals surface area contributed by atoms with Gasteiger partial charge in [-0.1, -0.05) is 24.3 Å². The fourth-order valence-corrected chi connectivity index (χ4v) is 1.11. The maximum Gasteiger partial charge on any atom is 0.333 e. The Morgan fingerprint density at radius 1 is 1.40 bits per heavy atom. The second kappa shape index (κ2) is 4.97. The van der Waals surface area contributed by atoms with E-state index < -0.39 is 0 Å². The van der Waals surface area contributed by atoms with Crippen LogP contribution < -0.4 is 0 Å². The highest BCUT2D eigenvalue weighted by Gasteiger charge is 2.02. The van der Waals surface area contributed by atoms with Crippen LogP contribution in [0.15, 0.2) is 29.8 Å². The summed E-state index contributed by atoms with van der Waals surface area (Å²) in [5, 5.41) is 0. The van der Waals surface area contributed by atoms with Crippen LogP contribution in [0.1, 0.15) is 12.5 Å². The van der Waals surface area contributed by atoms with Gasteiger partial charge in [0.05, 0.1) is 13.7 Å². The third-order valence-electron chi connectivity index (χ3n) is 1.91. The van der Waals surface area contributed by atoms with Crippen molar-refractivity contribution in [3.05, 3.63) is 46.8 Å². The van der Waals surface area contributed by atoms with Crippen LogP contribution in [-0.4, -0.2) is 13.1 Å². The van der Waals surface area contributed by atoms with Crippen LogP contribution in [0.3, 0.4) is 0 Å². The molecule has 1 aromatic rings. The normalized spacial score (nSPS) is 10.6. The molecule has 0 heterocycles. The van der Waals surface area contributed by atoms with E-state index in [1.165, 1.54) is 7.11 Å². The van der Waals surface area contributed by atoms with Crippen molar-refractivity contribution in [1.82, 2.24) is 0 Å². The van der Waals surface area contributed by atoms with Crippen LogP contribution in [0, 0.1) is 6.57 Å². The molecular formula is C12H11NO2. The first-order chi connectivity index (χ1) is 7.17. The number of carbonyl (C=O) groups excluding carboxylic acids is 1. The van der Waals surface area contributed by atoms with Gasteiger partial charge in [0.2, 0.25) is 0 Å². The van der Waals surface area contributed by atoms with Crippen molar-refractivity contribution in [1.29, 1.82) is 0 Å². The van der Waals surface area contributed by atoms with Gasteiger partial charge >= 0.3 is 5.97 Å². The fourth-order valence-electron chi connectivity index (χ4n) is 1.11. The molecule has 15 heavy (non-hydrogen) atoms. The molecule has 1 aromatic carbocycles. The first-order valence-corrected chi connectivity index (χ1v) is 4.41. The highest BCUT2D eigenvalue weighted by atomic mass is 16.5. The van der Waals surface area contributed by atoms with E-state index in [1.54, 1.807) is 37.3 Å². The minimum atomic E-state index is -0.343. The van der Waals surface area contributed by atoms with Crippen LogP contribution in [0.25, 0.3) is 10.9 Å². The van der Waals surface area contributed by atoms with Crippen LogP contribution >= 0.6 is 0 Å². The van der Waals surface area contributed by atoms with Gasteiger partial charge in [-0.05, 0) is 18.6 Å². The molecule has 0 aliphatic rings. The summed E-state index contributed by atoms with van der Waals surface area (Å²) in [6, 6.07) is 7.01. The van der Waals surface area contributed by atoms with Gasteiger partial charge in [0.1, 0.15) is 0 Å². The molecule has 0 aromatic heterocycles. The van der Waals surface area contributed by atoms with E-state index in [4.69, 9.17) is 6.57 Å². The third-order valence-corrected chi connectivity index (χ3v) is 1.91. The predicted octanol–water partition coefficient (Wildman–Crippen LogP) is 2.81. The van der Waals surface area contributed by atoms with E-state index in [2.05, 4.69) is 9.58 Å². The number of carbonyl (C=O) groups is 1. The number of ether oxygens (including phenoxy) is 1. The molecule has 0 N–H and O–H groups in total. The Labute approximate surface area is 88.8 Å². The number of esters is 1. The molecule has 0 bridgehead atoms. The van der Waals surface area contributed by atoms with Crippen molar-refractivity contribution in [3.8, 4) is 0 Å². The van der Waals surface area contributed by atoms with Gasteiger partial charge in [-0.15, -0.1) is 0 Å². The lowest BCUT2D eigenvalue weighted by Crippen LogP contribution is -2.00. The number of benzene rings is 1. The average molecular weight is 201 g/mol. The predicted molar refractivity (Wildman–Crippen MR) is 58.4 cm³/mol. The van der Waals surface area contributed by atoms with Gasteiger partial charge in [0.25, 0.3) is 0 Å². The quantitative estimate of drug-likeness (QED) is 0.418. The largest absolute Gasteiger partial charge is 0.466 e. The van der Waals surface area contributed by atoms with Gasteiger partial charge in [0.15, 0.2) is 5.69 Å². The highest BCUT2D eigenvalue weighted by Crippen LogP contribution is 2.14. The van der Waals surface area contributed by atoms with Gasteiger partial charge < -0.3 is 4.74 Å². The smallest absolute Gasteiger partial charge is 0.333 e. The van der Waals surface area contributed by atoms with E-state index >= 15 is 0 Å². The molecule has 0 aliphatic carbocycles. The van der Waals surface area contributed by atoms with E-state index in [9.17, 15) is 4.79 Å². The Balaban J connectivity index is 2.90. The summed E-state index contributed by atoms with van der Waals surface area (Å²) in [5.41, 5.74) is 2.00. The van der Waals surface area contributed by atoms with E-state index in [1.807, 2.05) is 0 Å². The SMILES string of the molecule is [C-]#[N+]c1ccc(/C=C(\C)C(=O)OC)cc1. The molecule has 76 valence electrons.